The van der Waals surface area contributed by atoms with Gasteiger partial charge < -0.3 is 11.1 Å². The lowest BCUT2D eigenvalue weighted by Gasteiger charge is -2.09. The first-order valence-electron chi connectivity index (χ1n) is 5.23. The van der Waals surface area contributed by atoms with Crippen LogP contribution >= 0.6 is 23.8 Å². The highest BCUT2D eigenvalue weighted by Gasteiger charge is 2.05. The minimum Gasteiger partial charge on any atom is -0.388 e. The fourth-order valence-corrected chi connectivity index (χ4v) is 1.71. The number of nitrogens with two attached hydrogens (primary N) is 1. The van der Waals surface area contributed by atoms with E-state index < -0.39 is 0 Å². The van der Waals surface area contributed by atoms with Crippen molar-refractivity contribution in [2.75, 3.05) is 5.32 Å². The monoisotopic (exact) mass is 278 g/mol. The first kappa shape index (κ1) is 12.7. The number of hydrogen-bond donors (Lipinski definition) is 2. The lowest BCUT2D eigenvalue weighted by Crippen LogP contribution is -2.13. The molecular formula is C12H11ClN4S. The lowest BCUT2D eigenvalue weighted by molar-refractivity contribution is 1.15. The fourth-order valence-electron chi connectivity index (χ4n) is 1.42. The summed E-state index contributed by atoms with van der Waals surface area (Å²) in [7, 11) is 0. The van der Waals surface area contributed by atoms with E-state index in [0.717, 1.165) is 11.3 Å². The van der Waals surface area contributed by atoms with Crippen molar-refractivity contribution in [3.8, 4) is 0 Å². The molecular weight excluding hydrogens is 268 g/mol. The zero-order valence-electron chi connectivity index (χ0n) is 9.64. The SMILES string of the molecule is Cc1c(Cl)cccc1Nc1nccc(C(N)=S)n1. The molecule has 2 rings (SSSR count). The number of rotatable bonds is 3. The number of aromatic nitrogens is 2. The van der Waals surface area contributed by atoms with Crippen molar-refractivity contribution in [3.05, 3.63) is 46.7 Å². The van der Waals surface area contributed by atoms with Gasteiger partial charge in [-0.2, -0.15) is 0 Å². The Morgan fingerprint density at radius 3 is 2.89 bits per heavy atom. The van der Waals surface area contributed by atoms with Gasteiger partial charge in [0.05, 0.1) is 0 Å². The molecule has 0 aliphatic rings. The molecule has 0 aliphatic heterocycles. The summed E-state index contributed by atoms with van der Waals surface area (Å²) < 4.78 is 0. The predicted octanol–water partition coefficient (Wildman–Crippen LogP) is 2.82. The normalized spacial score (nSPS) is 10.1. The van der Waals surface area contributed by atoms with Crippen molar-refractivity contribution >= 4 is 40.4 Å². The minimum absolute atomic E-state index is 0.239. The van der Waals surface area contributed by atoms with E-state index in [0.29, 0.717) is 16.7 Å². The summed E-state index contributed by atoms with van der Waals surface area (Å²) >= 11 is 10.9. The topological polar surface area (TPSA) is 63.8 Å². The van der Waals surface area contributed by atoms with Gasteiger partial charge in [0, 0.05) is 16.9 Å². The molecule has 4 nitrogen and oxygen atoms in total. The Morgan fingerprint density at radius 1 is 1.39 bits per heavy atom. The highest BCUT2D eigenvalue weighted by Crippen LogP contribution is 2.24. The Bertz CT molecular complexity index is 600. The first-order chi connectivity index (χ1) is 8.58. The molecule has 92 valence electrons. The average Bonchev–Trinajstić information content (AvgIpc) is 2.35. The Labute approximate surface area is 115 Å². The standard InChI is InChI=1S/C12H11ClN4S/c1-7-8(13)3-2-4-9(7)16-12-15-6-5-10(17-12)11(14)18/h2-6H,1H3,(H2,14,18)(H,15,16,17). The molecule has 1 aromatic heterocycles. The molecule has 0 amide bonds. The summed E-state index contributed by atoms with van der Waals surface area (Å²) in [5.41, 5.74) is 7.84. The third-order valence-corrected chi connectivity index (χ3v) is 3.04. The molecule has 2 aromatic rings. The smallest absolute Gasteiger partial charge is 0.227 e. The van der Waals surface area contributed by atoms with Crippen molar-refractivity contribution in [1.29, 1.82) is 0 Å². The van der Waals surface area contributed by atoms with Gasteiger partial charge in [-0.3, -0.25) is 0 Å². The number of nitrogens with zero attached hydrogens (tertiary/aromatic N) is 2. The summed E-state index contributed by atoms with van der Waals surface area (Å²) in [5.74, 6) is 0.436. The molecule has 0 spiro atoms. The zero-order chi connectivity index (χ0) is 13.1. The molecule has 0 saturated heterocycles. The maximum absolute atomic E-state index is 6.04. The van der Waals surface area contributed by atoms with Crippen LogP contribution in [0.25, 0.3) is 0 Å². The molecule has 1 aromatic carbocycles. The predicted molar refractivity (Wildman–Crippen MR) is 77.4 cm³/mol. The molecule has 6 heteroatoms. The molecule has 0 saturated carbocycles. The molecule has 0 aliphatic carbocycles. The lowest BCUT2D eigenvalue weighted by atomic mass is 10.2. The second-order valence-electron chi connectivity index (χ2n) is 3.67. The number of anilines is 2. The highest BCUT2D eigenvalue weighted by molar-refractivity contribution is 7.80. The summed E-state index contributed by atoms with van der Waals surface area (Å²) in [6.45, 7) is 1.92. The largest absolute Gasteiger partial charge is 0.388 e. The molecule has 0 fully saturated rings. The van der Waals surface area contributed by atoms with Gasteiger partial charge >= 0.3 is 0 Å². The average molecular weight is 279 g/mol. The maximum atomic E-state index is 6.04. The van der Waals surface area contributed by atoms with Gasteiger partial charge in [-0.05, 0) is 30.7 Å². The van der Waals surface area contributed by atoms with Crippen LogP contribution in [0.2, 0.25) is 5.02 Å². The van der Waals surface area contributed by atoms with Gasteiger partial charge in [0.2, 0.25) is 5.95 Å². The van der Waals surface area contributed by atoms with Gasteiger partial charge in [0.25, 0.3) is 0 Å². The van der Waals surface area contributed by atoms with Crippen LogP contribution in [0, 0.1) is 6.92 Å². The van der Waals surface area contributed by atoms with E-state index in [1.54, 1.807) is 12.3 Å². The van der Waals surface area contributed by atoms with Gasteiger partial charge in [-0.25, -0.2) is 9.97 Å². The van der Waals surface area contributed by atoms with Crippen molar-refractivity contribution < 1.29 is 0 Å². The molecule has 0 atom stereocenters. The van der Waals surface area contributed by atoms with Crippen LogP contribution in [0.15, 0.2) is 30.5 Å². The zero-order valence-corrected chi connectivity index (χ0v) is 11.2. The first-order valence-corrected chi connectivity index (χ1v) is 6.01. The van der Waals surface area contributed by atoms with Gasteiger partial charge in [-0.1, -0.05) is 29.9 Å². The van der Waals surface area contributed by atoms with Crippen LogP contribution in [-0.4, -0.2) is 15.0 Å². The number of nitrogens with one attached hydrogen (secondary N) is 1. The van der Waals surface area contributed by atoms with E-state index in [1.807, 2.05) is 25.1 Å². The van der Waals surface area contributed by atoms with Gasteiger partial charge in [-0.15, -0.1) is 0 Å². The van der Waals surface area contributed by atoms with E-state index in [2.05, 4.69) is 15.3 Å². The van der Waals surface area contributed by atoms with Crippen LogP contribution in [0.3, 0.4) is 0 Å². The Balaban J connectivity index is 2.31. The summed E-state index contributed by atoms with van der Waals surface area (Å²) in [5, 5.41) is 3.77. The Kier molecular flexibility index (Phi) is 3.74. The number of halogens is 1. The number of benzene rings is 1. The van der Waals surface area contributed by atoms with E-state index >= 15 is 0 Å². The van der Waals surface area contributed by atoms with Gasteiger partial charge in [0.15, 0.2) is 0 Å². The molecule has 0 radical (unpaired) electrons. The Hall–Kier alpha value is -1.72. The quantitative estimate of drug-likeness (QED) is 0.845. The van der Waals surface area contributed by atoms with Crippen LogP contribution in [0.4, 0.5) is 11.6 Å². The second kappa shape index (κ2) is 5.29. The maximum Gasteiger partial charge on any atom is 0.227 e. The second-order valence-corrected chi connectivity index (χ2v) is 4.51. The summed E-state index contributed by atoms with van der Waals surface area (Å²) in [6.07, 6.45) is 1.60. The third kappa shape index (κ3) is 2.75. The number of thiocarbonyl (C=S) groups is 1. The van der Waals surface area contributed by atoms with E-state index in [-0.39, 0.29) is 4.99 Å². The molecule has 0 unspecified atom stereocenters. The summed E-state index contributed by atoms with van der Waals surface area (Å²) in [4.78, 5) is 8.55. The third-order valence-electron chi connectivity index (χ3n) is 2.42. The Morgan fingerprint density at radius 2 is 2.17 bits per heavy atom. The molecule has 0 bridgehead atoms. The van der Waals surface area contributed by atoms with Crippen LogP contribution in [-0.2, 0) is 0 Å². The summed E-state index contributed by atoms with van der Waals surface area (Å²) in [6, 6.07) is 7.25. The van der Waals surface area contributed by atoms with E-state index in [9.17, 15) is 0 Å². The fraction of sp³-hybridized carbons (Fsp3) is 0.0833. The molecule has 18 heavy (non-hydrogen) atoms. The molecule has 3 N–H and O–H groups in total. The molecule has 1 heterocycles. The van der Waals surface area contributed by atoms with Crippen LogP contribution in [0.5, 0.6) is 0 Å². The van der Waals surface area contributed by atoms with E-state index in [1.165, 1.54) is 0 Å². The van der Waals surface area contributed by atoms with Crippen molar-refractivity contribution in [2.45, 2.75) is 6.92 Å². The van der Waals surface area contributed by atoms with Gasteiger partial charge in [0.1, 0.15) is 10.7 Å². The van der Waals surface area contributed by atoms with Crippen LogP contribution in [0.1, 0.15) is 11.3 Å². The number of hydrogen-bond acceptors (Lipinski definition) is 4. The van der Waals surface area contributed by atoms with Crippen molar-refractivity contribution in [2.24, 2.45) is 5.73 Å². The van der Waals surface area contributed by atoms with Crippen molar-refractivity contribution in [3.63, 3.8) is 0 Å². The van der Waals surface area contributed by atoms with E-state index in [4.69, 9.17) is 29.6 Å². The van der Waals surface area contributed by atoms with Crippen LogP contribution < -0.4 is 11.1 Å². The highest BCUT2D eigenvalue weighted by atomic mass is 35.5. The van der Waals surface area contributed by atoms with Crippen molar-refractivity contribution in [1.82, 2.24) is 9.97 Å². The minimum atomic E-state index is 0.239.